The van der Waals surface area contributed by atoms with Gasteiger partial charge in [-0.3, -0.25) is 0 Å². The Morgan fingerprint density at radius 3 is 2.54 bits per heavy atom. The summed E-state index contributed by atoms with van der Waals surface area (Å²) in [6.07, 6.45) is 1.28. The third-order valence-corrected chi connectivity index (χ3v) is 4.32. The smallest absolute Gasteiger partial charge is 0.328 e. The highest BCUT2D eigenvalue weighted by Crippen LogP contribution is 2.25. The van der Waals surface area contributed by atoms with E-state index in [0.717, 1.165) is 22.3 Å². The van der Waals surface area contributed by atoms with Crippen molar-refractivity contribution in [3.63, 3.8) is 0 Å². The van der Waals surface area contributed by atoms with Gasteiger partial charge in [0.25, 0.3) is 0 Å². The number of hydrogen-bond acceptors (Lipinski definition) is 7. The SMILES string of the molecule is Cc1c(CNc2ncnc(N[C@@H](CO)C(=O)O)n2)cccc1-c1ccccc1. The lowest BCUT2D eigenvalue weighted by Crippen LogP contribution is -2.33. The number of rotatable bonds is 8. The van der Waals surface area contributed by atoms with Crippen LogP contribution in [0.25, 0.3) is 11.1 Å². The normalized spacial score (nSPS) is 11.6. The first kappa shape index (κ1) is 19.2. The molecule has 0 radical (unpaired) electrons. The lowest BCUT2D eigenvalue weighted by Gasteiger charge is -2.14. The molecule has 0 fully saturated rings. The fraction of sp³-hybridized carbons (Fsp3) is 0.200. The number of carboxylic acids is 1. The molecule has 0 spiro atoms. The standard InChI is InChI=1S/C20H21N5O3/c1-13-15(8-5-9-16(13)14-6-3-2-4-7-14)10-21-19-22-12-23-20(25-19)24-17(11-26)18(27)28/h2-9,12,17,26H,10-11H2,1H3,(H,27,28)(H2,21,22,23,24,25)/t17-/m0/s1. The molecule has 0 saturated carbocycles. The van der Waals surface area contributed by atoms with Gasteiger partial charge in [0, 0.05) is 6.54 Å². The number of hydrogen-bond donors (Lipinski definition) is 4. The van der Waals surface area contributed by atoms with Crippen molar-refractivity contribution >= 4 is 17.9 Å². The lowest BCUT2D eigenvalue weighted by atomic mass is 9.96. The van der Waals surface area contributed by atoms with Crippen LogP contribution in [0.15, 0.2) is 54.9 Å². The van der Waals surface area contributed by atoms with Crippen molar-refractivity contribution in [2.45, 2.75) is 19.5 Å². The first-order chi connectivity index (χ1) is 13.6. The molecular weight excluding hydrogens is 358 g/mol. The van der Waals surface area contributed by atoms with Gasteiger partial charge in [0.2, 0.25) is 11.9 Å². The van der Waals surface area contributed by atoms with Crippen LogP contribution in [0, 0.1) is 6.92 Å². The van der Waals surface area contributed by atoms with Gasteiger partial charge in [0.15, 0.2) is 6.04 Å². The van der Waals surface area contributed by atoms with Crippen LogP contribution in [0.2, 0.25) is 0 Å². The highest BCUT2D eigenvalue weighted by molar-refractivity contribution is 5.76. The Morgan fingerprint density at radius 1 is 1.07 bits per heavy atom. The van der Waals surface area contributed by atoms with Gasteiger partial charge in [-0.2, -0.15) is 4.98 Å². The van der Waals surface area contributed by atoms with Gasteiger partial charge in [-0.1, -0.05) is 48.5 Å². The molecule has 3 aromatic rings. The van der Waals surface area contributed by atoms with Crippen LogP contribution in [0.5, 0.6) is 0 Å². The molecular formula is C20H21N5O3. The molecule has 0 saturated heterocycles. The molecule has 0 bridgehead atoms. The topological polar surface area (TPSA) is 120 Å². The maximum Gasteiger partial charge on any atom is 0.328 e. The van der Waals surface area contributed by atoms with Crippen molar-refractivity contribution in [2.24, 2.45) is 0 Å². The van der Waals surface area contributed by atoms with Crippen molar-refractivity contribution in [2.75, 3.05) is 17.2 Å². The van der Waals surface area contributed by atoms with Crippen LogP contribution in [-0.4, -0.2) is 43.8 Å². The van der Waals surface area contributed by atoms with E-state index in [1.165, 1.54) is 6.33 Å². The highest BCUT2D eigenvalue weighted by Gasteiger charge is 2.17. The van der Waals surface area contributed by atoms with Crippen LogP contribution in [-0.2, 0) is 11.3 Å². The van der Waals surface area contributed by atoms with Crippen molar-refractivity contribution in [3.8, 4) is 11.1 Å². The number of carbonyl (C=O) groups is 1. The number of benzene rings is 2. The van der Waals surface area contributed by atoms with Crippen molar-refractivity contribution in [3.05, 3.63) is 66.0 Å². The predicted molar refractivity (Wildman–Crippen MR) is 106 cm³/mol. The van der Waals surface area contributed by atoms with E-state index in [1.54, 1.807) is 0 Å². The fourth-order valence-corrected chi connectivity index (χ4v) is 2.77. The number of aliphatic carboxylic acids is 1. The van der Waals surface area contributed by atoms with Crippen LogP contribution in [0.1, 0.15) is 11.1 Å². The molecule has 0 aliphatic heterocycles. The number of aliphatic hydroxyl groups excluding tert-OH is 1. The second kappa shape index (κ2) is 8.92. The van der Waals surface area contributed by atoms with Crippen LogP contribution in [0.3, 0.4) is 0 Å². The minimum absolute atomic E-state index is 0.0775. The molecule has 0 unspecified atom stereocenters. The van der Waals surface area contributed by atoms with E-state index in [2.05, 4.69) is 50.7 Å². The highest BCUT2D eigenvalue weighted by atomic mass is 16.4. The molecule has 1 aromatic heterocycles. The number of aliphatic hydroxyl groups is 1. The van der Waals surface area contributed by atoms with E-state index in [0.29, 0.717) is 12.5 Å². The molecule has 8 nitrogen and oxygen atoms in total. The van der Waals surface area contributed by atoms with Gasteiger partial charge in [-0.15, -0.1) is 0 Å². The average molecular weight is 379 g/mol. The zero-order chi connectivity index (χ0) is 19.9. The summed E-state index contributed by atoms with van der Waals surface area (Å²) < 4.78 is 0. The largest absolute Gasteiger partial charge is 0.480 e. The first-order valence-electron chi connectivity index (χ1n) is 8.75. The first-order valence-corrected chi connectivity index (χ1v) is 8.75. The summed E-state index contributed by atoms with van der Waals surface area (Å²) in [5, 5.41) is 23.8. The molecule has 1 heterocycles. The van der Waals surface area contributed by atoms with Gasteiger partial charge in [-0.05, 0) is 29.2 Å². The minimum Gasteiger partial charge on any atom is -0.480 e. The summed E-state index contributed by atoms with van der Waals surface area (Å²) in [5.74, 6) is -0.802. The molecule has 4 N–H and O–H groups in total. The van der Waals surface area contributed by atoms with Crippen molar-refractivity contribution < 1.29 is 15.0 Å². The summed E-state index contributed by atoms with van der Waals surface area (Å²) in [6.45, 7) is 1.99. The third-order valence-electron chi connectivity index (χ3n) is 4.32. The summed E-state index contributed by atoms with van der Waals surface area (Å²) >= 11 is 0. The summed E-state index contributed by atoms with van der Waals surface area (Å²) in [4.78, 5) is 23.1. The van der Waals surface area contributed by atoms with E-state index in [4.69, 9.17) is 10.2 Å². The number of anilines is 2. The van der Waals surface area contributed by atoms with E-state index in [9.17, 15) is 4.79 Å². The Balaban J connectivity index is 1.73. The molecule has 144 valence electrons. The zero-order valence-corrected chi connectivity index (χ0v) is 15.3. The molecule has 8 heteroatoms. The Morgan fingerprint density at radius 2 is 1.82 bits per heavy atom. The predicted octanol–water partition coefficient (Wildman–Crippen LogP) is 2.32. The average Bonchev–Trinajstić information content (AvgIpc) is 2.72. The fourth-order valence-electron chi connectivity index (χ4n) is 2.77. The summed E-state index contributed by atoms with van der Waals surface area (Å²) in [7, 11) is 0. The Bertz CT molecular complexity index is 950. The maximum atomic E-state index is 11.0. The van der Waals surface area contributed by atoms with E-state index < -0.39 is 18.6 Å². The Kier molecular flexibility index (Phi) is 6.13. The van der Waals surface area contributed by atoms with Crippen LogP contribution in [0.4, 0.5) is 11.9 Å². The van der Waals surface area contributed by atoms with Gasteiger partial charge in [-0.25, -0.2) is 14.8 Å². The second-order valence-electron chi connectivity index (χ2n) is 6.16. The molecule has 0 aliphatic rings. The molecule has 0 aliphatic carbocycles. The van der Waals surface area contributed by atoms with Gasteiger partial charge < -0.3 is 20.8 Å². The second-order valence-corrected chi connectivity index (χ2v) is 6.16. The van der Waals surface area contributed by atoms with Crippen molar-refractivity contribution in [1.82, 2.24) is 15.0 Å². The van der Waals surface area contributed by atoms with Crippen molar-refractivity contribution in [1.29, 1.82) is 0 Å². The Hall–Kier alpha value is -3.52. The minimum atomic E-state index is -1.19. The van der Waals surface area contributed by atoms with Gasteiger partial charge >= 0.3 is 5.97 Å². The molecule has 28 heavy (non-hydrogen) atoms. The Labute approximate surface area is 162 Å². The number of carboxylic acid groups (broad SMARTS) is 1. The zero-order valence-electron chi connectivity index (χ0n) is 15.3. The van der Waals surface area contributed by atoms with Crippen LogP contribution < -0.4 is 10.6 Å². The molecule has 0 amide bonds. The molecule has 3 rings (SSSR count). The van der Waals surface area contributed by atoms with E-state index >= 15 is 0 Å². The number of aromatic nitrogens is 3. The van der Waals surface area contributed by atoms with Gasteiger partial charge in [0.1, 0.15) is 6.33 Å². The third kappa shape index (κ3) is 4.60. The van der Waals surface area contributed by atoms with E-state index in [-0.39, 0.29) is 5.95 Å². The maximum absolute atomic E-state index is 11.0. The quantitative estimate of drug-likeness (QED) is 0.471. The monoisotopic (exact) mass is 379 g/mol. The molecule has 1 atom stereocenters. The van der Waals surface area contributed by atoms with Crippen LogP contribution >= 0.6 is 0 Å². The lowest BCUT2D eigenvalue weighted by molar-refractivity contribution is -0.138. The van der Waals surface area contributed by atoms with Gasteiger partial charge in [0.05, 0.1) is 6.61 Å². The number of nitrogens with zero attached hydrogens (tertiary/aromatic N) is 3. The van der Waals surface area contributed by atoms with E-state index in [1.807, 2.05) is 30.3 Å². The summed E-state index contributed by atoms with van der Waals surface area (Å²) in [5.41, 5.74) is 4.55. The summed E-state index contributed by atoms with van der Waals surface area (Å²) in [6, 6.07) is 15.1. The number of nitrogens with one attached hydrogen (secondary N) is 2. The molecule has 2 aromatic carbocycles.